The van der Waals surface area contributed by atoms with Crippen LogP contribution in [0.3, 0.4) is 0 Å². The lowest BCUT2D eigenvalue weighted by atomic mass is 10.0. The summed E-state index contributed by atoms with van der Waals surface area (Å²) >= 11 is 3.30. The molecule has 0 amide bonds. The van der Waals surface area contributed by atoms with Gasteiger partial charge in [-0.15, -0.1) is 0 Å². The largest absolute Gasteiger partial charge is 0.313 e. The number of halogens is 2. The highest BCUT2D eigenvalue weighted by molar-refractivity contribution is 9.10. The number of nitrogens with one attached hydrogen (secondary N) is 1. The van der Waals surface area contributed by atoms with Crippen LogP contribution >= 0.6 is 15.9 Å². The number of hydrogen-bond donors (Lipinski definition) is 1. The van der Waals surface area contributed by atoms with Crippen LogP contribution < -0.4 is 5.32 Å². The van der Waals surface area contributed by atoms with Crippen LogP contribution in [0, 0.1) is 5.82 Å². The molecule has 1 unspecified atom stereocenters. The minimum absolute atomic E-state index is 0.188. The topological polar surface area (TPSA) is 15.3 Å². The van der Waals surface area contributed by atoms with E-state index in [1.165, 1.54) is 38.4 Å². The minimum Gasteiger partial charge on any atom is -0.313 e. The number of rotatable bonds is 6. The fourth-order valence-corrected chi connectivity index (χ4v) is 3.21. The molecule has 1 aromatic carbocycles. The normalized spacial score (nSPS) is 20.2. The molecule has 0 bridgehead atoms. The van der Waals surface area contributed by atoms with Crippen LogP contribution in [0.4, 0.5) is 4.39 Å². The van der Waals surface area contributed by atoms with Gasteiger partial charge >= 0.3 is 0 Å². The fourth-order valence-electron chi connectivity index (χ4n) is 2.80. The monoisotopic (exact) mass is 342 g/mol. The van der Waals surface area contributed by atoms with Gasteiger partial charge in [0, 0.05) is 12.6 Å². The van der Waals surface area contributed by atoms with E-state index in [2.05, 4.69) is 33.1 Å². The highest BCUT2D eigenvalue weighted by Crippen LogP contribution is 2.20. The Morgan fingerprint density at radius 1 is 1.40 bits per heavy atom. The molecule has 1 heterocycles. The van der Waals surface area contributed by atoms with Crippen LogP contribution in [-0.2, 0) is 6.54 Å². The zero-order chi connectivity index (χ0) is 14.4. The summed E-state index contributed by atoms with van der Waals surface area (Å²) in [6.45, 7) is 6.44. The maximum absolute atomic E-state index is 13.4. The molecule has 4 heteroatoms. The predicted molar refractivity (Wildman–Crippen MR) is 85.3 cm³/mol. The third kappa shape index (κ3) is 4.54. The second-order valence-corrected chi connectivity index (χ2v) is 6.42. The van der Waals surface area contributed by atoms with Crippen LogP contribution in [0.2, 0.25) is 0 Å². The Morgan fingerprint density at radius 3 is 3.05 bits per heavy atom. The molecule has 112 valence electrons. The first-order valence-corrected chi connectivity index (χ1v) is 8.35. The summed E-state index contributed by atoms with van der Waals surface area (Å²) in [4.78, 5) is 2.59. The van der Waals surface area contributed by atoms with Gasteiger partial charge in [-0.25, -0.2) is 4.39 Å². The predicted octanol–water partition coefficient (Wildman–Crippen LogP) is 3.94. The molecule has 0 spiro atoms. The van der Waals surface area contributed by atoms with Gasteiger partial charge in [0.15, 0.2) is 0 Å². The molecule has 1 fully saturated rings. The van der Waals surface area contributed by atoms with Gasteiger partial charge in [-0.2, -0.15) is 0 Å². The highest BCUT2D eigenvalue weighted by atomic mass is 79.9. The first kappa shape index (κ1) is 15.9. The molecule has 0 saturated carbocycles. The van der Waals surface area contributed by atoms with E-state index in [-0.39, 0.29) is 5.82 Å². The lowest BCUT2D eigenvalue weighted by molar-refractivity contribution is 0.159. The zero-order valence-electron chi connectivity index (χ0n) is 12.2. The third-order valence-corrected chi connectivity index (χ3v) is 4.97. The van der Waals surface area contributed by atoms with Crippen LogP contribution in [0.1, 0.15) is 38.2 Å². The Labute approximate surface area is 129 Å². The van der Waals surface area contributed by atoms with E-state index in [1.54, 1.807) is 6.07 Å². The summed E-state index contributed by atoms with van der Waals surface area (Å²) in [5, 5.41) is 3.40. The SMILES string of the molecule is CC1CCCCN1CCCNCc1cccc(F)c1Br. The van der Waals surface area contributed by atoms with Crippen LogP contribution in [0.15, 0.2) is 22.7 Å². The van der Waals surface area contributed by atoms with Crippen molar-refractivity contribution in [1.29, 1.82) is 0 Å². The average Bonchev–Trinajstić information content (AvgIpc) is 2.45. The van der Waals surface area contributed by atoms with E-state index >= 15 is 0 Å². The molecule has 2 rings (SSSR count). The molecule has 0 aliphatic carbocycles. The quantitative estimate of drug-likeness (QED) is 0.787. The molecule has 1 aliphatic heterocycles. The Morgan fingerprint density at radius 2 is 2.25 bits per heavy atom. The first-order valence-electron chi connectivity index (χ1n) is 7.56. The van der Waals surface area contributed by atoms with Crippen molar-refractivity contribution >= 4 is 15.9 Å². The first-order chi connectivity index (χ1) is 9.68. The smallest absolute Gasteiger partial charge is 0.137 e. The number of likely N-dealkylation sites (tertiary alicyclic amines) is 1. The molecule has 2 nitrogen and oxygen atoms in total. The van der Waals surface area contributed by atoms with Crippen molar-refractivity contribution in [3.63, 3.8) is 0 Å². The van der Waals surface area contributed by atoms with Crippen molar-refractivity contribution in [2.75, 3.05) is 19.6 Å². The standard InChI is InChI=1S/C16H24BrFN2/c1-13-6-2-3-10-20(13)11-5-9-19-12-14-7-4-8-15(18)16(14)17/h4,7-8,13,19H,2-3,5-6,9-12H2,1H3. The maximum Gasteiger partial charge on any atom is 0.137 e. The van der Waals surface area contributed by atoms with Gasteiger partial charge in [-0.05, 0) is 73.4 Å². The van der Waals surface area contributed by atoms with Gasteiger partial charge in [0.1, 0.15) is 5.82 Å². The van der Waals surface area contributed by atoms with Gasteiger partial charge in [0.05, 0.1) is 4.47 Å². The van der Waals surface area contributed by atoms with Gasteiger partial charge < -0.3 is 10.2 Å². The van der Waals surface area contributed by atoms with Crippen molar-refractivity contribution in [2.24, 2.45) is 0 Å². The van der Waals surface area contributed by atoms with E-state index in [4.69, 9.17) is 0 Å². The minimum atomic E-state index is -0.188. The van der Waals surface area contributed by atoms with Gasteiger partial charge in [0.25, 0.3) is 0 Å². The van der Waals surface area contributed by atoms with E-state index in [9.17, 15) is 4.39 Å². The summed E-state index contributed by atoms with van der Waals surface area (Å²) < 4.78 is 13.9. The number of hydrogen-bond acceptors (Lipinski definition) is 2. The molecule has 1 N–H and O–H groups in total. The lowest BCUT2D eigenvalue weighted by Gasteiger charge is -2.33. The number of benzene rings is 1. The van der Waals surface area contributed by atoms with E-state index in [0.717, 1.165) is 24.6 Å². The third-order valence-electron chi connectivity index (χ3n) is 4.09. The van der Waals surface area contributed by atoms with E-state index < -0.39 is 0 Å². The van der Waals surface area contributed by atoms with Gasteiger partial charge in [0.2, 0.25) is 0 Å². The molecule has 1 atom stereocenters. The second-order valence-electron chi connectivity index (χ2n) is 5.62. The van der Waals surface area contributed by atoms with Crippen molar-refractivity contribution < 1.29 is 4.39 Å². The molecule has 0 aromatic heterocycles. The van der Waals surface area contributed by atoms with E-state index in [0.29, 0.717) is 11.0 Å². The van der Waals surface area contributed by atoms with Crippen LogP contribution in [-0.4, -0.2) is 30.6 Å². The Balaban J connectivity index is 1.65. The number of piperidine rings is 1. The van der Waals surface area contributed by atoms with Crippen molar-refractivity contribution in [2.45, 2.75) is 45.2 Å². The van der Waals surface area contributed by atoms with Crippen LogP contribution in [0.25, 0.3) is 0 Å². The molecule has 1 saturated heterocycles. The average molecular weight is 343 g/mol. The summed E-state index contributed by atoms with van der Waals surface area (Å²) in [5.41, 5.74) is 0.983. The Kier molecular flexibility index (Phi) is 6.46. The maximum atomic E-state index is 13.4. The van der Waals surface area contributed by atoms with Gasteiger partial charge in [-0.1, -0.05) is 18.6 Å². The summed E-state index contributed by atoms with van der Waals surface area (Å²) in [6, 6.07) is 5.92. The summed E-state index contributed by atoms with van der Waals surface area (Å²) in [7, 11) is 0. The zero-order valence-corrected chi connectivity index (χ0v) is 13.8. The second kappa shape index (κ2) is 8.11. The number of nitrogens with zero attached hydrogens (tertiary/aromatic N) is 1. The molecule has 1 aliphatic rings. The molecular weight excluding hydrogens is 319 g/mol. The molecule has 20 heavy (non-hydrogen) atoms. The van der Waals surface area contributed by atoms with E-state index in [1.807, 2.05) is 6.07 Å². The molecule has 1 aromatic rings. The van der Waals surface area contributed by atoms with Crippen molar-refractivity contribution in [3.05, 3.63) is 34.1 Å². The Hall–Kier alpha value is -0.450. The fraction of sp³-hybridized carbons (Fsp3) is 0.625. The van der Waals surface area contributed by atoms with Crippen molar-refractivity contribution in [3.8, 4) is 0 Å². The Bertz CT molecular complexity index is 425. The molecular formula is C16H24BrFN2. The summed E-state index contributed by atoms with van der Waals surface area (Å²) in [5.74, 6) is -0.188. The molecule has 0 radical (unpaired) electrons. The van der Waals surface area contributed by atoms with Crippen LogP contribution in [0.5, 0.6) is 0 Å². The highest BCUT2D eigenvalue weighted by Gasteiger charge is 2.16. The van der Waals surface area contributed by atoms with Gasteiger partial charge in [-0.3, -0.25) is 0 Å². The summed E-state index contributed by atoms with van der Waals surface area (Å²) in [6.07, 6.45) is 5.21. The van der Waals surface area contributed by atoms with Crippen molar-refractivity contribution in [1.82, 2.24) is 10.2 Å². The lowest BCUT2D eigenvalue weighted by Crippen LogP contribution is -2.38.